The summed E-state index contributed by atoms with van der Waals surface area (Å²) in [6.45, 7) is 12.5. The maximum atomic E-state index is 5.56. The number of hydrogen-bond acceptors (Lipinski definition) is 2. The van der Waals surface area contributed by atoms with E-state index in [1.54, 1.807) is 7.11 Å². The smallest absolute Gasteiger partial charge is 0.191 e. The Hall–Kier alpha value is -0.770. The van der Waals surface area contributed by atoms with Crippen molar-refractivity contribution in [3.05, 3.63) is 0 Å². The zero-order valence-corrected chi connectivity index (χ0v) is 14.1. The van der Waals surface area contributed by atoms with E-state index in [0.29, 0.717) is 12.6 Å². The fourth-order valence-electron chi connectivity index (χ4n) is 2.49. The summed E-state index contributed by atoms with van der Waals surface area (Å²) in [5.41, 5.74) is 0.111. The van der Waals surface area contributed by atoms with Crippen LogP contribution in [0.25, 0.3) is 0 Å². The van der Waals surface area contributed by atoms with Gasteiger partial charge in [0.1, 0.15) is 0 Å². The molecule has 0 aromatic rings. The second-order valence-electron chi connectivity index (χ2n) is 6.85. The van der Waals surface area contributed by atoms with E-state index in [1.807, 2.05) is 0 Å². The van der Waals surface area contributed by atoms with Crippen molar-refractivity contribution < 1.29 is 4.74 Å². The third-order valence-corrected chi connectivity index (χ3v) is 3.91. The van der Waals surface area contributed by atoms with Crippen molar-refractivity contribution in [2.75, 3.05) is 20.2 Å². The molecule has 2 N–H and O–H groups in total. The monoisotopic (exact) mass is 283 g/mol. The molecule has 0 aromatic heterocycles. The summed E-state index contributed by atoms with van der Waals surface area (Å²) >= 11 is 0. The van der Waals surface area contributed by atoms with Gasteiger partial charge in [0, 0.05) is 19.7 Å². The lowest BCUT2D eigenvalue weighted by atomic mass is 9.89. The maximum absolute atomic E-state index is 5.56. The molecule has 1 saturated carbocycles. The highest BCUT2D eigenvalue weighted by molar-refractivity contribution is 5.80. The third-order valence-electron chi connectivity index (χ3n) is 3.91. The molecule has 0 bridgehead atoms. The van der Waals surface area contributed by atoms with E-state index in [2.05, 4.69) is 45.3 Å². The minimum Gasteiger partial charge on any atom is -0.379 e. The van der Waals surface area contributed by atoms with E-state index in [9.17, 15) is 0 Å². The Morgan fingerprint density at radius 1 is 1.35 bits per heavy atom. The van der Waals surface area contributed by atoms with Gasteiger partial charge in [-0.2, -0.15) is 0 Å². The molecule has 1 aliphatic carbocycles. The van der Waals surface area contributed by atoms with Gasteiger partial charge in [0.15, 0.2) is 5.96 Å². The van der Waals surface area contributed by atoms with Gasteiger partial charge in [-0.25, -0.2) is 0 Å². The van der Waals surface area contributed by atoms with Gasteiger partial charge in [0.25, 0.3) is 0 Å². The molecule has 0 aliphatic heterocycles. The minimum atomic E-state index is 0.111. The summed E-state index contributed by atoms with van der Waals surface area (Å²) in [5, 5.41) is 6.87. The number of rotatable bonds is 7. The lowest BCUT2D eigenvalue weighted by molar-refractivity contribution is 0.0241. The molecule has 1 fully saturated rings. The number of nitrogens with zero attached hydrogens (tertiary/aromatic N) is 1. The van der Waals surface area contributed by atoms with Crippen molar-refractivity contribution in [1.29, 1.82) is 0 Å². The van der Waals surface area contributed by atoms with E-state index in [0.717, 1.165) is 18.4 Å². The molecule has 0 radical (unpaired) electrons. The summed E-state index contributed by atoms with van der Waals surface area (Å²) in [6.07, 6.45) is 4.01. The predicted molar refractivity (Wildman–Crippen MR) is 86.2 cm³/mol. The van der Waals surface area contributed by atoms with Crippen molar-refractivity contribution in [3.63, 3.8) is 0 Å². The molecule has 0 aromatic carbocycles. The van der Waals surface area contributed by atoms with Crippen LogP contribution in [0.4, 0.5) is 0 Å². The number of aliphatic imine (C=N–C) groups is 1. The number of guanidine groups is 1. The van der Waals surface area contributed by atoms with Gasteiger partial charge < -0.3 is 15.4 Å². The van der Waals surface area contributed by atoms with Crippen LogP contribution in [-0.2, 0) is 4.74 Å². The van der Waals surface area contributed by atoms with Crippen molar-refractivity contribution in [2.45, 2.75) is 66.0 Å². The SMILES string of the molecule is CCCC1CC1NC(=NCC(OC)C(C)(C)C)NCC. The first-order valence-electron chi connectivity index (χ1n) is 8.00. The van der Waals surface area contributed by atoms with Crippen LogP contribution < -0.4 is 10.6 Å². The number of methoxy groups -OCH3 is 1. The molecule has 0 spiro atoms. The first kappa shape index (κ1) is 17.3. The molecule has 4 heteroatoms. The molecule has 0 heterocycles. The van der Waals surface area contributed by atoms with Crippen LogP contribution in [0.2, 0.25) is 0 Å². The van der Waals surface area contributed by atoms with Crippen LogP contribution in [0, 0.1) is 11.3 Å². The number of hydrogen-bond donors (Lipinski definition) is 2. The summed E-state index contributed by atoms with van der Waals surface area (Å²) in [7, 11) is 1.77. The average Bonchev–Trinajstić information content (AvgIpc) is 3.07. The molecule has 1 rings (SSSR count). The zero-order valence-electron chi connectivity index (χ0n) is 14.1. The van der Waals surface area contributed by atoms with E-state index < -0.39 is 0 Å². The second-order valence-corrected chi connectivity index (χ2v) is 6.85. The van der Waals surface area contributed by atoms with Gasteiger partial charge in [0.2, 0.25) is 0 Å². The van der Waals surface area contributed by atoms with Crippen LogP contribution in [0.3, 0.4) is 0 Å². The van der Waals surface area contributed by atoms with E-state index in [-0.39, 0.29) is 11.5 Å². The highest BCUT2D eigenvalue weighted by Crippen LogP contribution is 2.34. The van der Waals surface area contributed by atoms with Crippen LogP contribution in [0.5, 0.6) is 0 Å². The lowest BCUT2D eigenvalue weighted by Gasteiger charge is -2.28. The van der Waals surface area contributed by atoms with Crippen LogP contribution in [-0.4, -0.2) is 38.3 Å². The van der Waals surface area contributed by atoms with Crippen molar-refractivity contribution in [3.8, 4) is 0 Å². The Morgan fingerprint density at radius 3 is 2.55 bits per heavy atom. The van der Waals surface area contributed by atoms with E-state index in [1.165, 1.54) is 19.3 Å². The molecule has 20 heavy (non-hydrogen) atoms. The molecule has 3 unspecified atom stereocenters. The molecule has 4 nitrogen and oxygen atoms in total. The summed E-state index contributed by atoms with van der Waals surface area (Å²) in [6, 6.07) is 0.614. The molecular formula is C16H33N3O. The Kier molecular flexibility index (Phi) is 6.80. The quantitative estimate of drug-likeness (QED) is 0.558. The van der Waals surface area contributed by atoms with Crippen LogP contribution in [0.1, 0.15) is 53.9 Å². The molecule has 1 aliphatic rings. The molecular weight excluding hydrogens is 250 g/mol. The standard InChI is InChI=1S/C16H33N3O/c1-7-9-12-10-13(12)19-15(17-8-2)18-11-14(20-6)16(3,4)5/h12-14H,7-11H2,1-6H3,(H2,17,18,19). The Morgan fingerprint density at radius 2 is 2.05 bits per heavy atom. The Labute approximate surface area is 124 Å². The predicted octanol–water partition coefficient (Wildman–Crippen LogP) is 2.79. The van der Waals surface area contributed by atoms with Gasteiger partial charge >= 0.3 is 0 Å². The third kappa shape index (κ3) is 5.70. The normalized spacial score (nSPS) is 24.4. The maximum Gasteiger partial charge on any atom is 0.191 e. The van der Waals surface area contributed by atoms with Gasteiger partial charge in [-0.15, -0.1) is 0 Å². The highest BCUT2D eigenvalue weighted by Gasteiger charge is 2.36. The fourth-order valence-corrected chi connectivity index (χ4v) is 2.49. The average molecular weight is 283 g/mol. The highest BCUT2D eigenvalue weighted by atomic mass is 16.5. The number of nitrogens with one attached hydrogen (secondary N) is 2. The van der Waals surface area contributed by atoms with Gasteiger partial charge in [-0.1, -0.05) is 34.1 Å². The van der Waals surface area contributed by atoms with Crippen molar-refractivity contribution in [1.82, 2.24) is 10.6 Å². The van der Waals surface area contributed by atoms with E-state index in [4.69, 9.17) is 9.73 Å². The van der Waals surface area contributed by atoms with Crippen LogP contribution in [0.15, 0.2) is 4.99 Å². The van der Waals surface area contributed by atoms with Crippen LogP contribution >= 0.6 is 0 Å². The molecule has 3 atom stereocenters. The second kappa shape index (κ2) is 7.87. The summed E-state index contributed by atoms with van der Waals surface area (Å²) < 4.78 is 5.56. The van der Waals surface area contributed by atoms with Crippen molar-refractivity contribution in [2.24, 2.45) is 16.3 Å². The topological polar surface area (TPSA) is 45.7 Å². The first-order valence-corrected chi connectivity index (χ1v) is 8.00. The van der Waals surface area contributed by atoms with Crippen molar-refractivity contribution >= 4 is 5.96 Å². The van der Waals surface area contributed by atoms with E-state index >= 15 is 0 Å². The Balaban J connectivity index is 2.50. The van der Waals surface area contributed by atoms with Gasteiger partial charge in [-0.3, -0.25) is 4.99 Å². The molecule has 118 valence electrons. The number of ether oxygens (including phenoxy) is 1. The largest absolute Gasteiger partial charge is 0.379 e. The summed E-state index contributed by atoms with van der Waals surface area (Å²) in [5.74, 6) is 1.77. The molecule has 0 saturated heterocycles. The fraction of sp³-hybridized carbons (Fsp3) is 0.938. The summed E-state index contributed by atoms with van der Waals surface area (Å²) in [4.78, 5) is 4.70. The first-order chi connectivity index (χ1) is 9.42. The Bertz CT molecular complexity index is 309. The minimum absolute atomic E-state index is 0.111. The lowest BCUT2D eigenvalue weighted by Crippen LogP contribution is -2.40. The zero-order chi connectivity index (χ0) is 15.2. The van der Waals surface area contributed by atoms with Gasteiger partial charge in [-0.05, 0) is 31.1 Å². The van der Waals surface area contributed by atoms with Gasteiger partial charge in [0.05, 0.1) is 12.6 Å². The molecule has 0 amide bonds.